The summed E-state index contributed by atoms with van der Waals surface area (Å²) in [4.78, 5) is 4.01. The van der Waals surface area contributed by atoms with E-state index < -0.39 is 11.7 Å². The molecule has 0 bridgehead atoms. The highest BCUT2D eigenvalue weighted by Gasteiger charge is 2.63. The molecule has 0 aliphatic heterocycles. The smallest absolute Gasteiger partial charge is 0.373 e. The van der Waals surface area contributed by atoms with E-state index in [1.807, 2.05) is 0 Å². The molecule has 3 nitrogen and oxygen atoms in total. The summed E-state index contributed by atoms with van der Waals surface area (Å²) < 4.78 is 38.0. The molecule has 0 spiro atoms. The van der Waals surface area contributed by atoms with Gasteiger partial charge in [0.1, 0.15) is 17.2 Å². The number of hydrogen-bond acceptors (Lipinski definition) is 3. The largest absolute Gasteiger partial charge is 0.411 e. The lowest BCUT2D eigenvalue weighted by atomic mass is 10.2. The minimum atomic E-state index is -4.22. The number of nitrogens with one attached hydrogen (secondary N) is 2. The Morgan fingerprint density at radius 2 is 1.88 bits per heavy atom. The Labute approximate surface area is 91.1 Å². The first kappa shape index (κ1) is 11.0. The van der Waals surface area contributed by atoms with Crippen molar-refractivity contribution in [3.05, 3.63) is 18.2 Å². The van der Waals surface area contributed by atoms with Crippen LogP contribution in [0.4, 0.5) is 24.8 Å². The van der Waals surface area contributed by atoms with Crippen LogP contribution < -0.4 is 10.6 Å². The van der Waals surface area contributed by atoms with Crippen molar-refractivity contribution in [3.8, 4) is 0 Å². The molecule has 1 heterocycles. The van der Waals surface area contributed by atoms with Crippen molar-refractivity contribution in [2.24, 2.45) is 0 Å². The van der Waals surface area contributed by atoms with Gasteiger partial charge >= 0.3 is 6.18 Å². The van der Waals surface area contributed by atoms with E-state index in [4.69, 9.17) is 0 Å². The summed E-state index contributed by atoms with van der Waals surface area (Å²) in [6, 6.07) is 4.89. The van der Waals surface area contributed by atoms with Gasteiger partial charge in [-0.1, -0.05) is 6.07 Å². The van der Waals surface area contributed by atoms with Crippen LogP contribution in [0.5, 0.6) is 0 Å². The molecule has 2 rings (SSSR count). The zero-order valence-electron chi connectivity index (χ0n) is 8.73. The predicted octanol–water partition coefficient (Wildman–Crippen LogP) is 2.63. The monoisotopic (exact) mass is 231 g/mol. The summed E-state index contributed by atoms with van der Waals surface area (Å²) in [6.07, 6.45) is -3.99. The van der Waals surface area contributed by atoms with Crippen LogP contribution in [0.25, 0.3) is 0 Å². The van der Waals surface area contributed by atoms with Crippen LogP contribution in [0.2, 0.25) is 0 Å². The maximum Gasteiger partial charge on any atom is 0.411 e. The SMILES string of the molecule is CNc1cccc(NC2(C(F)(F)F)CC2)n1. The number of pyridine rings is 1. The first-order valence-electron chi connectivity index (χ1n) is 4.97. The molecule has 2 N–H and O–H groups in total. The average molecular weight is 231 g/mol. The van der Waals surface area contributed by atoms with Crippen molar-refractivity contribution in [2.75, 3.05) is 17.7 Å². The quantitative estimate of drug-likeness (QED) is 0.839. The number of rotatable bonds is 3. The first-order chi connectivity index (χ1) is 7.47. The summed E-state index contributed by atoms with van der Waals surface area (Å²) >= 11 is 0. The molecule has 0 atom stereocenters. The highest BCUT2D eigenvalue weighted by Crippen LogP contribution is 2.50. The normalized spacial score (nSPS) is 18.0. The minimum absolute atomic E-state index is 0.113. The van der Waals surface area contributed by atoms with Crippen molar-refractivity contribution in [1.82, 2.24) is 4.98 Å². The van der Waals surface area contributed by atoms with Gasteiger partial charge in [0.2, 0.25) is 0 Å². The summed E-state index contributed by atoms with van der Waals surface area (Å²) in [5, 5.41) is 5.25. The van der Waals surface area contributed by atoms with Crippen molar-refractivity contribution in [1.29, 1.82) is 0 Å². The van der Waals surface area contributed by atoms with E-state index in [1.165, 1.54) is 6.07 Å². The Morgan fingerprint density at radius 3 is 2.38 bits per heavy atom. The molecular formula is C10H12F3N3. The number of aromatic nitrogens is 1. The second-order valence-electron chi connectivity index (χ2n) is 3.86. The summed E-state index contributed by atoms with van der Waals surface area (Å²) in [7, 11) is 1.67. The fourth-order valence-corrected chi connectivity index (χ4v) is 1.49. The highest BCUT2D eigenvalue weighted by molar-refractivity contribution is 5.48. The topological polar surface area (TPSA) is 37.0 Å². The van der Waals surface area contributed by atoms with Gasteiger partial charge in [0.05, 0.1) is 0 Å². The molecule has 6 heteroatoms. The molecule has 0 aromatic carbocycles. The van der Waals surface area contributed by atoms with Crippen LogP contribution in [0.1, 0.15) is 12.8 Å². The van der Waals surface area contributed by atoms with E-state index in [0.717, 1.165) is 0 Å². The number of halogens is 3. The average Bonchev–Trinajstić information content (AvgIpc) is 2.98. The molecule has 0 amide bonds. The van der Waals surface area contributed by atoms with Crippen molar-refractivity contribution >= 4 is 11.6 Å². The number of alkyl halides is 3. The number of hydrogen-bond donors (Lipinski definition) is 2. The first-order valence-corrected chi connectivity index (χ1v) is 4.97. The standard InChI is InChI=1S/C10H12F3N3/c1-14-7-3-2-4-8(15-7)16-9(5-6-9)10(11,12)13/h2-4H,5-6H2,1H3,(H2,14,15,16). The van der Waals surface area contributed by atoms with E-state index in [-0.39, 0.29) is 18.7 Å². The van der Waals surface area contributed by atoms with Crippen LogP contribution in [-0.2, 0) is 0 Å². The van der Waals surface area contributed by atoms with Gasteiger partial charge in [-0.2, -0.15) is 13.2 Å². The van der Waals surface area contributed by atoms with Crippen molar-refractivity contribution in [2.45, 2.75) is 24.6 Å². The van der Waals surface area contributed by atoms with Gasteiger partial charge in [0, 0.05) is 7.05 Å². The Bertz CT molecular complexity index is 385. The van der Waals surface area contributed by atoms with Crippen LogP contribution in [0.3, 0.4) is 0 Å². The zero-order valence-corrected chi connectivity index (χ0v) is 8.73. The lowest BCUT2D eigenvalue weighted by molar-refractivity contribution is -0.151. The summed E-state index contributed by atoms with van der Waals surface area (Å²) in [5.41, 5.74) is -1.76. The zero-order chi connectivity index (χ0) is 11.8. The molecule has 1 fully saturated rings. The molecule has 0 saturated heterocycles. The fourth-order valence-electron chi connectivity index (χ4n) is 1.49. The fraction of sp³-hybridized carbons (Fsp3) is 0.500. The second kappa shape index (κ2) is 3.54. The van der Waals surface area contributed by atoms with Crippen molar-refractivity contribution in [3.63, 3.8) is 0 Å². The van der Waals surface area contributed by atoms with Crippen molar-refractivity contribution < 1.29 is 13.2 Å². The lowest BCUT2D eigenvalue weighted by Crippen LogP contribution is -2.38. The Morgan fingerprint density at radius 1 is 1.25 bits per heavy atom. The Kier molecular flexibility index (Phi) is 2.44. The second-order valence-corrected chi connectivity index (χ2v) is 3.86. The molecule has 1 aromatic heterocycles. The van der Waals surface area contributed by atoms with Crippen LogP contribution in [0, 0.1) is 0 Å². The minimum Gasteiger partial charge on any atom is -0.373 e. The number of nitrogens with zero attached hydrogens (tertiary/aromatic N) is 1. The van der Waals surface area contributed by atoms with E-state index in [1.54, 1.807) is 19.2 Å². The Balaban J connectivity index is 2.15. The summed E-state index contributed by atoms with van der Waals surface area (Å²) in [5.74, 6) is 0.796. The third-order valence-corrected chi connectivity index (χ3v) is 2.67. The van der Waals surface area contributed by atoms with Crippen LogP contribution in [0.15, 0.2) is 18.2 Å². The van der Waals surface area contributed by atoms with Gasteiger partial charge in [-0.25, -0.2) is 4.98 Å². The molecule has 1 aliphatic rings. The van der Waals surface area contributed by atoms with Gasteiger partial charge in [-0.05, 0) is 25.0 Å². The summed E-state index contributed by atoms with van der Waals surface area (Å²) in [6.45, 7) is 0. The maximum absolute atomic E-state index is 12.7. The molecular weight excluding hydrogens is 219 g/mol. The van der Waals surface area contributed by atoms with Gasteiger partial charge in [-0.15, -0.1) is 0 Å². The van der Waals surface area contributed by atoms with Gasteiger partial charge in [0.25, 0.3) is 0 Å². The lowest BCUT2D eigenvalue weighted by Gasteiger charge is -2.21. The molecule has 0 unspecified atom stereocenters. The van der Waals surface area contributed by atoms with Gasteiger partial charge in [-0.3, -0.25) is 0 Å². The predicted molar refractivity (Wildman–Crippen MR) is 55.4 cm³/mol. The molecule has 16 heavy (non-hydrogen) atoms. The molecule has 1 aromatic rings. The Hall–Kier alpha value is -1.46. The third kappa shape index (κ3) is 1.91. The van der Waals surface area contributed by atoms with E-state index in [0.29, 0.717) is 5.82 Å². The van der Waals surface area contributed by atoms with E-state index >= 15 is 0 Å². The molecule has 0 radical (unpaired) electrons. The molecule has 88 valence electrons. The maximum atomic E-state index is 12.7. The van der Waals surface area contributed by atoms with Gasteiger partial charge < -0.3 is 10.6 Å². The van der Waals surface area contributed by atoms with E-state index in [9.17, 15) is 13.2 Å². The highest BCUT2D eigenvalue weighted by atomic mass is 19.4. The molecule has 1 aliphatic carbocycles. The van der Waals surface area contributed by atoms with Gasteiger partial charge in [0.15, 0.2) is 0 Å². The number of anilines is 2. The third-order valence-electron chi connectivity index (χ3n) is 2.67. The van der Waals surface area contributed by atoms with E-state index in [2.05, 4.69) is 15.6 Å². The molecule has 1 saturated carbocycles. The van der Waals surface area contributed by atoms with Crippen LogP contribution in [-0.4, -0.2) is 23.7 Å². The van der Waals surface area contributed by atoms with Crippen LogP contribution >= 0.6 is 0 Å².